The van der Waals surface area contributed by atoms with Gasteiger partial charge in [-0.3, -0.25) is 4.98 Å². The molecule has 1 aliphatic heterocycles. The van der Waals surface area contributed by atoms with Gasteiger partial charge in [-0.1, -0.05) is 6.92 Å². The van der Waals surface area contributed by atoms with Crippen LogP contribution in [0.25, 0.3) is 0 Å². The maximum absolute atomic E-state index is 5.70. The van der Waals surface area contributed by atoms with Crippen molar-refractivity contribution in [3.8, 4) is 0 Å². The molecule has 0 aliphatic carbocycles. The molecule has 0 aromatic carbocycles. The van der Waals surface area contributed by atoms with Crippen LogP contribution in [0, 0.1) is 5.92 Å². The Hall–Kier alpha value is -1.25. The first-order valence-corrected chi connectivity index (χ1v) is 5.21. The lowest BCUT2D eigenvalue weighted by Gasteiger charge is -2.31. The van der Waals surface area contributed by atoms with Crippen molar-refractivity contribution in [2.75, 3.05) is 23.7 Å². The van der Waals surface area contributed by atoms with Crippen LogP contribution >= 0.6 is 0 Å². The van der Waals surface area contributed by atoms with Gasteiger partial charge in [0, 0.05) is 19.3 Å². The number of hydrogen-bond acceptors (Lipinski definition) is 3. The topological polar surface area (TPSA) is 42.2 Å². The zero-order valence-corrected chi connectivity index (χ0v) is 8.61. The first-order valence-electron chi connectivity index (χ1n) is 5.21. The molecule has 1 aliphatic rings. The van der Waals surface area contributed by atoms with Crippen molar-refractivity contribution in [3.63, 3.8) is 0 Å². The minimum Gasteiger partial charge on any atom is -0.397 e. The van der Waals surface area contributed by atoms with Crippen LogP contribution in [-0.4, -0.2) is 18.1 Å². The molecule has 0 atom stereocenters. The third kappa shape index (κ3) is 1.97. The van der Waals surface area contributed by atoms with E-state index in [2.05, 4.69) is 16.8 Å². The molecule has 2 rings (SSSR count). The SMILES string of the molecule is CC1CCN(c2cncc(N)c2)CC1. The van der Waals surface area contributed by atoms with Crippen molar-refractivity contribution < 1.29 is 0 Å². The third-order valence-corrected chi connectivity index (χ3v) is 2.89. The molecule has 76 valence electrons. The van der Waals surface area contributed by atoms with Crippen LogP contribution in [0.5, 0.6) is 0 Å². The summed E-state index contributed by atoms with van der Waals surface area (Å²) in [6, 6.07) is 2.00. The lowest BCUT2D eigenvalue weighted by Crippen LogP contribution is -2.32. The normalized spacial score (nSPS) is 18.5. The monoisotopic (exact) mass is 191 g/mol. The Balaban J connectivity index is 2.08. The second-order valence-corrected chi connectivity index (χ2v) is 4.15. The Morgan fingerprint density at radius 2 is 2.07 bits per heavy atom. The summed E-state index contributed by atoms with van der Waals surface area (Å²) in [5, 5.41) is 0. The zero-order chi connectivity index (χ0) is 9.97. The Labute approximate surface area is 84.9 Å². The van der Waals surface area contributed by atoms with E-state index in [1.165, 1.54) is 12.8 Å². The molecule has 1 aromatic rings. The van der Waals surface area contributed by atoms with E-state index in [-0.39, 0.29) is 0 Å². The Kier molecular flexibility index (Phi) is 2.57. The van der Waals surface area contributed by atoms with E-state index in [1.807, 2.05) is 12.3 Å². The van der Waals surface area contributed by atoms with Gasteiger partial charge < -0.3 is 10.6 Å². The molecule has 0 saturated carbocycles. The van der Waals surface area contributed by atoms with Crippen LogP contribution in [-0.2, 0) is 0 Å². The minimum absolute atomic E-state index is 0.751. The minimum atomic E-state index is 0.751. The smallest absolute Gasteiger partial charge is 0.0573 e. The number of hydrogen-bond donors (Lipinski definition) is 1. The molecule has 0 unspecified atom stereocenters. The summed E-state index contributed by atoms with van der Waals surface area (Å²) in [7, 11) is 0. The van der Waals surface area contributed by atoms with E-state index < -0.39 is 0 Å². The van der Waals surface area contributed by atoms with Crippen LogP contribution in [0.3, 0.4) is 0 Å². The van der Waals surface area contributed by atoms with Crippen molar-refractivity contribution in [3.05, 3.63) is 18.5 Å². The Morgan fingerprint density at radius 3 is 2.71 bits per heavy atom. The lowest BCUT2D eigenvalue weighted by molar-refractivity contribution is 0.438. The quantitative estimate of drug-likeness (QED) is 0.737. The van der Waals surface area contributed by atoms with Crippen LogP contribution in [0.2, 0.25) is 0 Å². The molecule has 2 heterocycles. The standard InChI is InChI=1S/C11H17N3/c1-9-2-4-14(5-3-9)11-6-10(12)7-13-8-11/h6-9H,2-5,12H2,1H3. The van der Waals surface area contributed by atoms with Crippen LogP contribution in [0.1, 0.15) is 19.8 Å². The van der Waals surface area contributed by atoms with Crippen molar-refractivity contribution in [2.45, 2.75) is 19.8 Å². The fourth-order valence-corrected chi connectivity index (χ4v) is 1.88. The van der Waals surface area contributed by atoms with Crippen LogP contribution < -0.4 is 10.6 Å². The molecule has 0 bridgehead atoms. The summed E-state index contributed by atoms with van der Waals surface area (Å²) >= 11 is 0. The van der Waals surface area contributed by atoms with Crippen molar-refractivity contribution >= 4 is 11.4 Å². The number of anilines is 2. The average molecular weight is 191 g/mol. The molecule has 2 N–H and O–H groups in total. The van der Waals surface area contributed by atoms with E-state index >= 15 is 0 Å². The zero-order valence-electron chi connectivity index (χ0n) is 8.61. The van der Waals surface area contributed by atoms with Gasteiger partial charge in [0.25, 0.3) is 0 Å². The predicted octanol–water partition coefficient (Wildman–Crippen LogP) is 1.90. The van der Waals surface area contributed by atoms with Crippen LogP contribution in [0.4, 0.5) is 11.4 Å². The van der Waals surface area contributed by atoms with Gasteiger partial charge in [0.05, 0.1) is 17.6 Å². The van der Waals surface area contributed by atoms with E-state index in [1.54, 1.807) is 6.20 Å². The molecule has 1 fully saturated rings. The first kappa shape index (κ1) is 9.31. The van der Waals surface area contributed by atoms with E-state index in [0.29, 0.717) is 0 Å². The molecule has 3 nitrogen and oxygen atoms in total. The maximum Gasteiger partial charge on any atom is 0.0573 e. The fraction of sp³-hybridized carbons (Fsp3) is 0.545. The van der Waals surface area contributed by atoms with Gasteiger partial charge in [-0.25, -0.2) is 0 Å². The van der Waals surface area contributed by atoms with E-state index in [9.17, 15) is 0 Å². The highest BCUT2D eigenvalue weighted by Gasteiger charge is 2.15. The largest absolute Gasteiger partial charge is 0.397 e. The highest BCUT2D eigenvalue weighted by Crippen LogP contribution is 2.23. The molecular formula is C11H17N3. The number of pyridine rings is 1. The Morgan fingerprint density at radius 1 is 1.36 bits per heavy atom. The summed E-state index contributed by atoms with van der Waals surface area (Å²) in [4.78, 5) is 6.48. The highest BCUT2D eigenvalue weighted by molar-refractivity contribution is 5.53. The van der Waals surface area contributed by atoms with Gasteiger partial charge >= 0.3 is 0 Å². The van der Waals surface area contributed by atoms with Crippen LogP contribution in [0.15, 0.2) is 18.5 Å². The molecule has 3 heteroatoms. The highest BCUT2D eigenvalue weighted by atomic mass is 15.1. The number of aromatic nitrogens is 1. The molecule has 1 saturated heterocycles. The molecule has 0 amide bonds. The Bertz CT molecular complexity index is 303. The number of rotatable bonds is 1. The van der Waals surface area contributed by atoms with E-state index in [0.717, 1.165) is 30.4 Å². The summed E-state index contributed by atoms with van der Waals surface area (Å²) in [5.74, 6) is 0.861. The molecular weight excluding hydrogens is 174 g/mol. The van der Waals surface area contributed by atoms with Gasteiger partial charge in [0.2, 0.25) is 0 Å². The second kappa shape index (κ2) is 3.86. The molecule has 14 heavy (non-hydrogen) atoms. The molecule has 1 aromatic heterocycles. The van der Waals surface area contributed by atoms with Gasteiger partial charge in [-0.2, -0.15) is 0 Å². The van der Waals surface area contributed by atoms with Gasteiger partial charge in [-0.15, -0.1) is 0 Å². The number of nitrogen functional groups attached to an aromatic ring is 1. The molecule has 0 spiro atoms. The summed E-state index contributed by atoms with van der Waals surface area (Å²) < 4.78 is 0. The van der Waals surface area contributed by atoms with Gasteiger partial charge in [0.1, 0.15) is 0 Å². The first-order chi connectivity index (χ1) is 6.75. The van der Waals surface area contributed by atoms with E-state index in [4.69, 9.17) is 5.73 Å². The van der Waals surface area contributed by atoms with Crippen molar-refractivity contribution in [1.82, 2.24) is 4.98 Å². The summed E-state index contributed by atoms with van der Waals surface area (Å²) in [5.41, 5.74) is 7.62. The van der Waals surface area contributed by atoms with Crippen molar-refractivity contribution in [2.24, 2.45) is 5.92 Å². The predicted molar refractivity (Wildman–Crippen MR) is 59.3 cm³/mol. The lowest BCUT2D eigenvalue weighted by atomic mass is 9.99. The number of piperidine rings is 1. The number of nitrogens with two attached hydrogens (primary N) is 1. The molecule has 0 radical (unpaired) electrons. The van der Waals surface area contributed by atoms with Gasteiger partial charge in [0.15, 0.2) is 0 Å². The summed E-state index contributed by atoms with van der Waals surface area (Å²) in [6.45, 7) is 4.58. The number of nitrogens with zero attached hydrogens (tertiary/aromatic N) is 2. The average Bonchev–Trinajstić information content (AvgIpc) is 2.19. The summed E-state index contributed by atoms with van der Waals surface area (Å²) in [6.07, 6.45) is 6.13. The van der Waals surface area contributed by atoms with Gasteiger partial charge in [-0.05, 0) is 24.8 Å². The maximum atomic E-state index is 5.70. The third-order valence-electron chi connectivity index (χ3n) is 2.89. The van der Waals surface area contributed by atoms with Crippen molar-refractivity contribution in [1.29, 1.82) is 0 Å². The fourth-order valence-electron chi connectivity index (χ4n) is 1.88. The second-order valence-electron chi connectivity index (χ2n) is 4.15.